The zero-order valence-corrected chi connectivity index (χ0v) is 9.74. The maximum Gasteiger partial charge on any atom is 0.309 e. The van der Waals surface area contributed by atoms with Crippen LogP contribution in [0.2, 0.25) is 0 Å². The highest BCUT2D eigenvalue weighted by molar-refractivity contribution is 5.84. The molecule has 2 aromatic rings. The molecule has 0 bridgehead atoms. The van der Waals surface area contributed by atoms with E-state index >= 15 is 0 Å². The highest BCUT2D eigenvalue weighted by Crippen LogP contribution is 2.07. The van der Waals surface area contributed by atoms with Crippen LogP contribution in [0.1, 0.15) is 11.1 Å². The van der Waals surface area contributed by atoms with Gasteiger partial charge in [-0.15, -0.1) is 0 Å². The van der Waals surface area contributed by atoms with Crippen molar-refractivity contribution in [3.05, 3.63) is 71.4 Å². The van der Waals surface area contributed by atoms with Crippen molar-refractivity contribution in [1.82, 2.24) is 0 Å². The molecule has 3 heteroatoms. The lowest BCUT2D eigenvalue weighted by Crippen LogP contribution is -2.30. The van der Waals surface area contributed by atoms with Gasteiger partial charge in [-0.25, -0.2) is 0 Å². The van der Waals surface area contributed by atoms with Crippen molar-refractivity contribution in [2.75, 3.05) is 0 Å². The second kappa shape index (κ2) is 5.58. The summed E-state index contributed by atoms with van der Waals surface area (Å²) in [7, 11) is 0. The van der Waals surface area contributed by atoms with Crippen LogP contribution in [-0.4, -0.2) is 5.87 Å². The quantitative estimate of drug-likeness (QED) is 0.455. The van der Waals surface area contributed by atoms with E-state index in [2.05, 4.69) is 12.1 Å². The van der Waals surface area contributed by atoms with Gasteiger partial charge in [0.2, 0.25) is 0 Å². The largest absolute Gasteiger partial charge is 0.757 e. The Labute approximate surface area is 106 Å². The summed E-state index contributed by atoms with van der Waals surface area (Å²) in [6.45, 7) is 0. The molecular weight excluding hydrogens is 222 g/mol. The van der Waals surface area contributed by atoms with E-state index in [0.717, 1.165) is 12.0 Å². The van der Waals surface area contributed by atoms with Gasteiger partial charge in [-0.05, 0) is 17.5 Å². The minimum Gasteiger partial charge on any atom is -0.757 e. The van der Waals surface area contributed by atoms with E-state index in [0.29, 0.717) is 0 Å². The Balaban J connectivity index is 2.19. The number of aromatic nitrogens is 1. The minimum atomic E-state index is 0.0706. The lowest BCUT2D eigenvalue weighted by Gasteiger charge is -2.00. The molecule has 1 heterocycles. The fourth-order valence-electron chi connectivity index (χ4n) is 1.70. The Kier molecular flexibility index (Phi) is 3.66. The molecular formula is C15H11N3. The first-order chi connectivity index (χ1) is 8.83. The maximum absolute atomic E-state index is 8.75. The molecule has 0 amide bonds. The van der Waals surface area contributed by atoms with Gasteiger partial charge in [-0.2, -0.15) is 15.7 Å². The molecule has 1 aromatic carbocycles. The molecule has 0 aliphatic rings. The van der Waals surface area contributed by atoms with Gasteiger partial charge in [0.15, 0.2) is 18.5 Å². The lowest BCUT2D eigenvalue weighted by atomic mass is 10.1. The van der Waals surface area contributed by atoms with Gasteiger partial charge in [0.1, 0.15) is 0 Å². The van der Waals surface area contributed by atoms with E-state index in [1.807, 2.05) is 42.3 Å². The van der Waals surface area contributed by atoms with Gasteiger partial charge in [-0.1, -0.05) is 30.3 Å². The van der Waals surface area contributed by atoms with Gasteiger partial charge in [0.25, 0.3) is 0 Å². The van der Waals surface area contributed by atoms with Gasteiger partial charge in [0.05, 0.1) is 0 Å². The SMILES string of the molecule is N#CC(=C=[N-])[n+]1ccc(Cc2ccccc2)cc1. The van der Waals surface area contributed by atoms with Crippen LogP contribution in [0.25, 0.3) is 11.1 Å². The Morgan fingerprint density at radius 2 is 1.67 bits per heavy atom. The Morgan fingerprint density at radius 3 is 2.22 bits per heavy atom. The molecule has 1 aromatic heterocycles. The zero-order chi connectivity index (χ0) is 12.8. The van der Waals surface area contributed by atoms with Gasteiger partial charge < -0.3 is 5.41 Å². The first-order valence-electron chi connectivity index (χ1n) is 5.55. The van der Waals surface area contributed by atoms with Crippen LogP contribution in [0.4, 0.5) is 0 Å². The van der Waals surface area contributed by atoms with Crippen LogP contribution >= 0.6 is 0 Å². The van der Waals surface area contributed by atoms with Crippen molar-refractivity contribution in [3.8, 4) is 6.07 Å². The van der Waals surface area contributed by atoms with Crippen molar-refractivity contribution in [2.24, 2.45) is 0 Å². The van der Waals surface area contributed by atoms with E-state index in [-0.39, 0.29) is 5.70 Å². The first kappa shape index (κ1) is 11.8. The summed E-state index contributed by atoms with van der Waals surface area (Å²) in [5.74, 6) is 1.86. The van der Waals surface area contributed by atoms with Crippen molar-refractivity contribution < 1.29 is 4.57 Å². The summed E-state index contributed by atoms with van der Waals surface area (Å²) in [6.07, 6.45) is 4.32. The van der Waals surface area contributed by atoms with E-state index in [9.17, 15) is 0 Å². The zero-order valence-electron chi connectivity index (χ0n) is 9.74. The molecule has 0 radical (unpaired) electrons. The average molecular weight is 233 g/mol. The highest BCUT2D eigenvalue weighted by Gasteiger charge is 2.06. The molecule has 0 N–H and O–H groups in total. The molecule has 0 aliphatic carbocycles. The third-order valence-corrected chi connectivity index (χ3v) is 2.62. The molecule has 18 heavy (non-hydrogen) atoms. The van der Waals surface area contributed by atoms with Crippen LogP contribution in [0, 0.1) is 11.3 Å². The molecule has 86 valence electrons. The summed E-state index contributed by atoms with van der Waals surface area (Å²) in [5.41, 5.74) is 2.45. The number of nitriles is 1. The monoisotopic (exact) mass is 233 g/mol. The predicted octanol–water partition coefficient (Wildman–Crippen LogP) is 2.17. The molecule has 0 spiro atoms. The molecule has 0 fully saturated rings. The number of benzene rings is 1. The summed E-state index contributed by atoms with van der Waals surface area (Å²) < 4.78 is 1.52. The van der Waals surface area contributed by atoms with Crippen LogP contribution in [0.15, 0.2) is 54.9 Å². The van der Waals surface area contributed by atoms with Crippen molar-refractivity contribution >= 4 is 11.6 Å². The highest BCUT2D eigenvalue weighted by atomic mass is 14.9. The summed E-state index contributed by atoms with van der Waals surface area (Å²) in [6, 6.07) is 15.8. The fraction of sp³-hybridized carbons (Fsp3) is 0.0667. The number of hydrogen-bond acceptors (Lipinski definition) is 1. The first-order valence-corrected chi connectivity index (χ1v) is 5.55. The van der Waals surface area contributed by atoms with E-state index in [4.69, 9.17) is 10.7 Å². The van der Waals surface area contributed by atoms with Crippen LogP contribution in [0.5, 0.6) is 0 Å². The van der Waals surface area contributed by atoms with Crippen molar-refractivity contribution in [2.45, 2.75) is 6.42 Å². The normalized spacial score (nSPS) is 9.28. The standard InChI is InChI=1S/C15H11N3/c16-11-15(12-17)18-8-6-14(7-9-18)10-13-4-2-1-3-5-13/h1-9H,10H2. The molecule has 0 aliphatic heterocycles. The Morgan fingerprint density at radius 1 is 1.06 bits per heavy atom. The van der Waals surface area contributed by atoms with Crippen LogP contribution in [-0.2, 0) is 6.42 Å². The molecule has 0 saturated carbocycles. The molecule has 0 saturated heterocycles. The third kappa shape index (κ3) is 2.70. The second-order valence-electron chi connectivity index (χ2n) is 3.85. The van der Waals surface area contributed by atoms with Gasteiger partial charge >= 0.3 is 5.70 Å². The topological polar surface area (TPSA) is 50.0 Å². The number of allylic oxidation sites excluding steroid dienone is 1. The molecule has 3 nitrogen and oxygen atoms in total. The van der Waals surface area contributed by atoms with Gasteiger partial charge in [-0.3, -0.25) is 0 Å². The van der Waals surface area contributed by atoms with E-state index < -0.39 is 0 Å². The van der Waals surface area contributed by atoms with E-state index in [1.165, 1.54) is 10.1 Å². The minimum absolute atomic E-state index is 0.0706. The summed E-state index contributed by atoms with van der Waals surface area (Å²) >= 11 is 0. The molecule has 0 unspecified atom stereocenters. The van der Waals surface area contributed by atoms with E-state index in [1.54, 1.807) is 12.4 Å². The number of nitrogens with zero attached hydrogens (tertiary/aromatic N) is 3. The lowest BCUT2D eigenvalue weighted by molar-refractivity contribution is -0.576. The van der Waals surface area contributed by atoms with Crippen LogP contribution < -0.4 is 4.57 Å². The number of hydrogen-bond donors (Lipinski definition) is 0. The molecule has 2 rings (SSSR count). The van der Waals surface area contributed by atoms with Crippen molar-refractivity contribution in [3.63, 3.8) is 0 Å². The average Bonchev–Trinajstić information content (AvgIpc) is 2.43. The number of rotatable bonds is 3. The summed E-state index contributed by atoms with van der Waals surface area (Å²) in [4.78, 5) is 0. The fourth-order valence-corrected chi connectivity index (χ4v) is 1.70. The number of pyridine rings is 1. The molecule has 0 atom stereocenters. The maximum atomic E-state index is 8.75. The second-order valence-corrected chi connectivity index (χ2v) is 3.85. The Hall–Kier alpha value is -2.69. The smallest absolute Gasteiger partial charge is 0.309 e. The summed E-state index contributed by atoms with van der Waals surface area (Å²) in [5, 5.41) is 17.5. The van der Waals surface area contributed by atoms with Gasteiger partial charge in [0, 0.05) is 12.1 Å². The predicted molar refractivity (Wildman–Crippen MR) is 69.6 cm³/mol. The van der Waals surface area contributed by atoms with Crippen molar-refractivity contribution in [1.29, 1.82) is 5.26 Å². The Bertz CT molecular complexity index is 615. The third-order valence-electron chi connectivity index (χ3n) is 2.62. The van der Waals surface area contributed by atoms with Crippen LogP contribution in [0.3, 0.4) is 0 Å².